The second kappa shape index (κ2) is 11.2. The van der Waals surface area contributed by atoms with Crippen LogP contribution in [0.15, 0.2) is 0 Å². The van der Waals surface area contributed by atoms with Gasteiger partial charge >= 0.3 is 0 Å². The number of hydrogen-bond acceptors (Lipinski definition) is 16. The van der Waals surface area contributed by atoms with Crippen molar-refractivity contribution in [1.29, 1.82) is 0 Å². The number of ether oxygens (including phenoxy) is 5. The van der Waals surface area contributed by atoms with Crippen LogP contribution in [0.5, 0.6) is 0 Å². The van der Waals surface area contributed by atoms with E-state index >= 15 is 0 Å². The van der Waals surface area contributed by atoms with Crippen LogP contribution in [-0.2, 0) is 23.7 Å². The lowest BCUT2D eigenvalue weighted by atomic mass is 9.96. The Kier molecular flexibility index (Phi) is 9.18. The third-order valence-corrected chi connectivity index (χ3v) is 6.18. The SMILES string of the molecule is OC[C@H]1O[C@@H](O[C@H]2[C@H](O)[C@@H](CO[C@]3(CO)OC[C@@H](O)[C@@H](O)[C@@H]3O)OC(O)[C@@H]2O)[C@H](O)[C@@H](O)[C@@H]1O. The molecule has 0 spiro atoms. The minimum Gasteiger partial charge on any atom is -0.394 e. The Labute approximate surface area is 192 Å². The molecular formula is C18H32O16. The van der Waals surface area contributed by atoms with E-state index in [4.69, 9.17) is 23.7 Å². The number of aliphatic hydroxyl groups is 11. The van der Waals surface area contributed by atoms with E-state index in [1.807, 2.05) is 0 Å². The van der Waals surface area contributed by atoms with Crippen LogP contribution in [0.1, 0.15) is 0 Å². The standard InChI is InChI=1S/C18H32O16/c19-1-6-9(23)11(25)12(26)17(33-6)34-14-10(24)7(32-16(29)13(14)27)3-31-18(4-20)15(28)8(22)5(21)2-30-18/h5-17,19-29H,1-4H2/t5-,6-,7-,8-,9-,10-,11+,12-,13-,14+,15+,16?,17+,18+/m1/s1. The maximum Gasteiger partial charge on any atom is 0.221 e. The fraction of sp³-hybridized carbons (Fsp3) is 1.00. The van der Waals surface area contributed by atoms with Gasteiger partial charge in [0.1, 0.15) is 73.8 Å². The van der Waals surface area contributed by atoms with Crippen LogP contribution >= 0.6 is 0 Å². The van der Waals surface area contributed by atoms with Gasteiger partial charge in [-0.2, -0.15) is 0 Å². The first-order valence-electron chi connectivity index (χ1n) is 10.6. The van der Waals surface area contributed by atoms with E-state index in [2.05, 4.69) is 0 Å². The normalized spacial score (nSPS) is 52.5. The topological polar surface area (TPSA) is 269 Å². The fourth-order valence-electron chi connectivity index (χ4n) is 3.97. The smallest absolute Gasteiger partial charge is 0.221 e. The maximum atomic E-state index is 10.7. The van der Waals surface area contributed by atoms with Crippen LogP contribution in [-0.4, -0.2) is 168 Å². The van der Waals surface area contributed by atoms with Gasteiger partial charge in [0.2, 0.25) is 5.79 Å². The highest BCUT2D eigenvalue weighted by Crippen LogP contribution is 2.31. The van der Waals surface area contributed by atoms with Crippen molar-refractivity contribution in [3.63, 3.8) is 0 Å². The third-order valence-electron chi connectivity index (χ3n) is 6.18. The molecule has 0 bridgehead atoms. The summed E-state index contributed by atoms with van der Waals surface area (Å²) in [5.41, 5.74) is 0. The molecule has 0 aromatic heterocycles. The van der Waals surface area contributed by atoms with Gasteiger partial charge in [-0.1, -0.05) is 0 Å². The fourth-order valence-corrected chi connectivity index (χ4v) is 3.97. The molecule has 1 unspecified atom stereocenters. The van der Waals surface area contributed by atoms with E-state index in [-0.39, 0.29) is 0 Å². The minimum absolute atomic E-state index is 0.503. The average Bonchev–Trinajstić information content (AvgIpc) is 2.83. The van der Waals surface area contributed by atoms with Gasteiger partial charge in [0.15, 0.2) is 12.6 Å². The summed E-state index contributed by atoms with van der Waals surface area (Å²) in [6, 6.07) is 0. The zero-order valence-electron chi connectivity index (χ0n) is 17.8. The molecule has 200 valence electrons. The van der Waals surface area contributed by atoms with Crippen molar-refractivity contribution < 1.29 is 79.9 Å². The van der Waals surface area contributed by atoms with Crippen molar-refractivity contribution >= 4 is 0 Å². The van der Waals surface area contributed by atoms with E-state index in [0.717, 1.165) is 0 Å². The van der Waals surface area contributed by atoms with Gasteiger partial charge in [0.25, 0.3) is 0 Å². The predicted molar refractivity (Wildman–Crippen MR) is 101 cm³/mol. The summed E-state index contributed by atoms with van der Waals surface area (Å²) >= 11 is 0. The number of aliphatic hydroxyl groups excluding tert-OH is 11. The third kappa shape index (κ3) is 5.23. The first kappa shape index (κ1) is 27.9. The molecule has 34 heavy (non-hydrogen) atoms. The Balaban J connectivity index is 1.70. The Bertz CT molecular complexity index is 653. The van der Waals surface area contributed by atoms with E-state index < -0.39 is 112 Å². The molecule has 14 atom stereocenters. The highest BCUT2D eigenvalue weighted by Gasteiger charge is 2.53. The molecule has 0 aliphatic carbocycles. The van der Waals surface area contributed by atoms with Crippen LogP contribution in [0.4, 0.5) is 0 Å². The van der Waals surface area contributed by atoms with E-state index in [9.17, 15) is 56.2 Å². The van der Waals surface area contributed by atoms with Crippen molar-refractivity contribution in [2.24, 2.45) is 0 Å². The molecule has 3 fully saturated rings. The highest BCUT2D eigenvalue weighted by atomic mass is 16.7. The van der Waals surface area contributed by atoms with E-state index in [1.165, 1.54) is 0 Å². The first-order chi connectivity index (χ1) is 16.0. The summed E-state index contributed by atoms with van der Waals surface area (Å²) in [7, 11) is 0. The van der Waals surface area contributed by atoms with Crippen LogP contribution in [0.2, 0.25) is 0 Å². The molecular weight excluding hydrogens is 472 g/mol. The van der Waals surface area contributed by atoms with E-state index in [0.29, 0.717) is 0 Å². The van der Waals surface area contributed by atoms with Gasteiger partial charge < -0.3 is 79.9 Å². The summed E-state index contributed by atoms with van der Waals surface area (Å²) in [5, 5.41) is 109. The summed E-state index contributed by atoms with van der Waals surface area (Å²) in [5.74, 6) is -2.21. The summed E-state index contributed by atoms with van der Waals surface area (Å²) in [6.07, 6.45) is -22.4. The Morgan fingerprint density at radius 1 is 0.735 bits per heavy atom. The summed E-state index contributed by atoms with van der Waals surface area (Å²) < 4.78 is 26.1. The van der Waals surface area contributed by atoms with Crippen molar-refractivity contribution in [2.75, 3.05) is 26.4 Å². The first-order valence-corrected chi connectivity index (χ1v) is 10.6. The quantitative estimate of drug-likeness (QED) is 0.154. The number of hydrogen-bond donors (Lipinski definition) is 11. The average molecular weight is 504 g/mol. The Hall–Kier alpha value is -0.640. The molecule has 0 saturated carbocycles. The Morgan fingerprint density at radius 3 is 2.03 bits per heavy atom. The molecule has 0 aromatic carbocycles. The van der Waals surface area contributed by atoms with Gasteiger partial charge in [-0.15, -0.1) is 0 Å². The lowest BCUT2D eigenvalue weighted by Gasteiger charge is -2.47. The van der Waals surface area contributed by atoms with Crippen LogP contribution < -0.4 is 0 Å². The van der Waals surface area contributed by atoms with Gasteiger partial charge in [-0.25, -0.2) is 0 Å². The second-order valence-electron chi connectivity index (χ2n) is 8.44. The molecule has 3 aliphatic rings. The highest BCUT2D eigenvalue weighted by molar-refractivity contribution is 4.96. The molecule has 0 radical (unpaired) electrons. The van der Waals surface area contributed by atoms with Crippen molar-refractivity contribution in [3.05, 3.63) is 0 Å². The van der Waals surface area contributed by atoms with Crippen molar-refractivity contribution in [1.82, 2.24) is 0 Å². The molecule has 3 aliphatic heterocycles. The molecule has 3 heterocycles. The van der Waals surface area contributed by atoms with Gasteiger partial charge in [-0.05, 0) is 0 Å². The minimum atomic E-state index is -2.21. The van der Waals surface area contributed by atoms with Crippen molar-refractivity contribution in [2.45, 2.75) is 85.5 Å². The summed E-state index contributed by atoms with van der Waals surface area (Å²) in [6.45, 7) is -2.93. The van der Waals surface area contributed by atoms with E-state index in [1.54, 1.807) is 0 Å². The lowest BCUT2D eigenvalue weighted by molar-refractivity contribution is -0.375. The van der Waals surface area contributed by atoms with Gasteiger partial charge in [-0.3, -0.25) is 0 Å². The van der Waals surface area contributed by atoms with Crippen LogP contribution in [0, 0.1) is 0 Å². The zero-order chi connectivity index (χ0) is 25.4. The van der Waals surface area contributed by atoms with Crippen LogP contribution in [0.25, 0.3) is 0 Å². The molecule has 16 nitrogen and oxygen atoms in total. The zero-order valence-corrected chi connectivity index (χ0v) is 17.8. The molecule has 3 rings (SSSR count). The van der Waals surface area contributed by atoms with Crippen molar-refractivity contribution in [3.8, 4) is 0 Å². The van der Waals surface area contributed by atoms with Crippen LogP contribution in [0.3, 0.4) is 0 Å². The second-order valence-corrected chi connectivity index (χ2v) is 8.44. The molecule has 16 heteroatoms. The molecule has 0 aromatic rings. The maximum absolute atomic E-state index is 10.7. The monoisotopic (exact) mass is 504 g/mol. The molecule has 3 saturated heterocycles. The molecule has 11 N–H and O–H groups in total. The number of rotatable bonds is 7. The van der Waals surface area contributed by atoms with Gasteiger partial charge in [0.05, 0.1) is 19.8 Å². The Morgan fingerprint density at radius 2 is 1.41 bits per heavy atom. The predicted octanol–water partition coefficient (Wildman–Crippen LogP) is -7.57. The summed E-state index contributed by atoms with van der Waals surface area (Å²) in [4.78, 5) is 0. The lowest BCUT2D eigenvalue weighted by Crippen LogP contribution is -2.66. The van der Waals surface area contributed by atoms with Gasteiger partial charge in [0, 0.05) is 0 Å². The largest absolute Gasteiger partial charge is 0.394 e. The molecule has 0 amide bonds.